The minimum absolute atomic E-state index is 0.178. The number of nitrogens with one attached hydrogen (secondary N) is 2. The van der Waals surface area contributed by atoms with Gasteiger partial charge in [0.2, 0.25) is 0 Å². The first kappa shape index (κ1) is 16.3. The molecule has 2 N–H and O–H groups in total. The molecule has 0 saturated heterocycles. The number of nitriles is 1. The van der Waals surface area contributed by atoms with Gasteiger partial charge < -0.3 is 0 Å². The summed E-state index contributed by atoms with van der Waals surface area (Å²) in [4.78, 5) is 0. The van der Waals surface area contributed by atoms with Gasteiger partial charge >= 0.3 is 6.18 Å². The van der Waals surface area contributed by atoms with Crippen molar-refractivity contribution in [1.82, 2.24) is 4.72 Å². The van der Waals surface area contributed by atoms with Gasteiger partial charge in [0.25, 0.3) is 10.2 Å². The molecule has 0 amide bonds. The Morgan fingerprint density at radius 1 is 1.35 bits per heavy atom. The summed E-state index contributed by atoms with van der Waals surface area (Å²) in [6, 6.07) is 3.74. The zero-order chi connectivity index (χ0) is 15.4. The van der Waals surface area contributed by atoms with E-state index in [4.69, 9.17) is 5.26 Å². The second-order valence-corrected chi connectivity index (χ2v) is 5.37. The van der Waals surface area contributed by atoms with Gasteiger partial charge in [0.05, 0.1) is 16.8 Å². The first-order chi connectivity index (χ1) is 9.19. The van der Waals surface area contributed by atoms with Crippen LogP contribution < -0.4 is 9.44 Å². The van der Waals surface area contributed by atoms with Crippen molar-refractivity contribution in [3.05, 3.63) is 29.3 Å². The molecule has 1 aromatic rings. The minimum atomic E-state index is -4.59. The molecule has 0 saturated carbocycles. The van der Waals surface area contributed by atoms with Crippen LogP contribution in [0.4, 0.5) is 18.9 Å². The second kappa shape index (κ2) is 6.11. The fourth-order valence-electron chi connectivity index (χ4n) is 1.32. The van der Waals surface area contributed by atoms with Crippen LogP contribution in [-0.2, 0) is 16.4 Å². The Morgan fingerprint density at radius 2 is 2.00 bits per heavy atom. The van der Waals surface area contributed by atoms with Crippen LogP contribution in [0, 0.1) is 11.3 Å². The lowest BCUT2D eigenvalue weighted by Crippen LogP contribution is -2.31. The highest BCUT2D eigenvalue weighted by Gasteiger charge is 2.31. The Kier molecular flexibility index (Phi) is 4.97. The standard InChI is InChI=1S/C11H12F3N3O2S/c1-2-5-16-20(18,19)17-10-4-3-9(11(12,13)14)6-8(10)7-15/h3-4,6,16-17H,2,5H2,1H3. The van der Waals surface area contributed by atoms with Crippen molar-refractivity contribution in [2.75, 3.05) is 11.3 Å². The van der Waals surface area contributed by atoms with E-state index in [0.717, 1.165) is 6.07 Å². The Labute approximate surface area is 114 Å². The molecular weight excluding hydrogens is 295 g/mol. The Bertz CT molecular complexity index is 621. The van der Waals surface area contributed by atoms with Crippen molar-refractivity contribution in [3.8, 4) is 6.07 Å². The molecule has 0 bridgehead atoms. The van der Waals surface area contributed by atoms with Crippen molar-refractivity contribution in [3.63, 3.8) is 0 Å². The molecule has 0 aliphatic rings. The van der Waals surface area contributed by atoms with Crippen molar-refractivity contribution in [1.29, 1.82) is 5.26 Å². The number of halogens is 3. The highest BCUT2D eigenvalue weighted by Crippen LogP contribution is 2.31. The number of anilines is 1. The van der Waals surface area contributed by atoms with Crippen molar-refractivity contribution >= 4 is 15.9 Å². The zero-order valence-corrected chi connectivity index (χ0v) is 11.3. The van der Waals surface area contributed by atoms with Crippen molar-refractivity contribution < 1.29 is 21.6 Å². The summed E-state index contributed by atoms with van der Waals surface area (Å²) in [6.07, 6.45) is -4.04. The molecule has 9 heteroatoms. The number of nitrogens with zero attached hydrogens (tertiary/aromatic N) is 1. The van der Waals surface area contributed by atoms with Gasteiger partial charge in [0.15, 0.2) is 0 Å². The van der Waals surface area contributed by atoms with Gasteiger partial charge in [-0.15, -0.1) is 0 Å². The number of benzene rings is 1. The van der Waals surface area contributed by atoms with E-state index in [0.29, 0.717) is 18.6 Å². The SMILES string of the molecule is CCCNS(=O)(=O)Nc1ccc(C(F)(F)F)cc1C#N. The molecule has 20 heavy (non-hydrogen) atoms. The van der Waals surface area contributed by atoms with E-state index in [2.05, 4.69) is 4.72 Å². The molecule has 0 fully saturated rings. The molecule has 1 aromatic carbocycles. The smallest absolute Gasteiger partial charge is 0.270 e. The number of alkyl halides is 3. The Morgan fingerprint density at radius 3 is 2.50 bits per heavy atom. The Balaban J connectivity index is 3.07. The first-order valence-electron chi connectivity index (χ1n) is 5.58. The van der Waals surface area contributed by atoms with Crippen molar-refractivity contribution in [2.24, 2.45) is 0 Å². The van der Waals surface area contributed by atoms with Crippen LogP contribution in [0.25, 0.3) is 0 Å². The fourth-order valence-corrected chi connectivity index (χ4v) is 2.33. The molecule has 0 heterocycles. The van der Waals surface area contributed by atoms with E-state index >= 15 is 0 Å². The molecule has 110 valence electrons. The predicted molar refractivity (Wildman–Crippen MR) is 67.0 cm³/mol. The van der Waals surface area contributed by atoms with Crippen LogP contribution in [0.1, 0.15) is 24.5 Å². The van der Waals surface area contributed by atoms with E-state index in [-0.39, 0.29) is 12.2 Å². The van der Waals surface area contributed by atoms with Gasteiger partial charge in [-0.05, 0) is 24.6 Å². The number of hydrogen-bond acceptors (Lipinski definition) is 3. The highest BCUT2D eigenvalue weighted by atomic mass is 32.2. The summed E-state index contributed by atoms with van der Waals surface area (Å²) >= 11 is 0. The summed E-state index contributed by atoms with van der Waals surface area (Å²) < 4.78 is 64.8. The van der Waals surface area contributed by atoms with Gasteiger partial charge in [-0.3, -0.25) is 4.72 Å². The van der Waals surface area contributed by atoms with Crippen LogP contribution in [0.15, 0.2) is 18.2 Å². The summed E-state index contributed by atoms with van der Waals surface area (Å²) in [5.41, 5.74) is -1.62. The lowest BCUT2D eigenvalue weighted by molar-refractivity contribution is -0.137. The summed E-state index contributed by atoms with van der Waals surface area (Å²) in [7, 11) is -3.91. The Hall–Kier alpha value is -1.79. The molecule has 0 aromatic heterocycles. The van der Waals surface area contributed by atoms with Crippen LogP contribution in [0.2, 0.25) is 0 Å². The maximum Gasteiger partial charge on any atom is 0.416 e. The predicted octanol–water partition coefficient (Wildman–Crippen LogP) is 2.23. The van der Waals surface area contributed by atoms with Crippen LogP contribution >= 0.6 is 0 Å². The highest BCUT2D eigenvalue weighted by molar-refractivity contribution is 7.90. The molecule has 0 unspecified atom stereocenters. The summed E-state index contributed by atoms with van der Waals surface area (Å²) in [5.74, 6) is 0. The van der Waals surface area contributed by atoms with Gasteiger partial charge in [-0.1, -0.05) is 6.92 Å². The van der Waals surface area contributed by atoms with E-state index in [9.17, 15) is 21.6 Å². The van der Waals surface area contributed by atoms with E-state index in [1.807, 2.05) is 4.72 Å². The molecule has 0 aliphatic heterocycles. The second-order valence-electron chi connectivity index (χ2n) is 3.87. The van der Waals surface area contributed by atoms with Crippen LogP contribution in [-0.4, -0.2) is 15.0 Å². The third-order valence-electron chi connectivity index (χ3n) is 2.25. The average molecular weight is 307 g/mol. The molecule has 0 spiro atoms. The maximum atomic E-state index is 12.5. The van der Waals surface area contributed by atoms with E-state index in [1.165, 1.54) is 6.07 Å². The quantitative estimate of drug-likeness (QED) is 0.875. The normalized spacial score (nSPS) is 11.9. The monoisotopic (exact) mass is 307 g/mol. The summed E-state index contributed by atoms with van der Waals surface area (Å²) in [6.45, 7) is 1.93. The van der Waals surface area contributed by atoms with Crippen LogP contribution in [0.3, 0.4) is 0 Å². The van der Waals surface area contributed by atoms with Crippen molar-refractivity contribution in [2.45, 2.75) is 19.5 Å². The minimum Gasteiger partial charge on any atom is -0.270 e. The summed E-state index contributed by atoms with van der Waals surface area (Å²) in [5, 5.41) is 8.81. The lowest BCUT2D eigenvalue weighted by atomic mass is 10.1. The molecule has 0 atom stereocenters. The third-order valence-corrected chi connectivity index (χ3v) is 3.33. The van der Waals surface area contributed by atoms with E-state index < -0.39 is 27.5 Å². The molecule has 1 rings (SSSR count). The maximum absolute atomic E-state index is 12.5. The van der Waals surface area contributed by atoms with Crippen LogP contribution in [0.5, 0.6) is 0 Å². The molecule has 0 aliphatic carbocycles. The molecule has 0 radical (unpaired) electrons. The fraction of sp³-hybridized carbons (Fsp3) is 0.364. The van der Waals surface area contributed by atoms with Gasteiger partial charge in [-0.25, -0.2) is 0 Å². The van der Waals surface area contributed by atoms with Gasteiger partial charge in [-0.2, -0.15) is 31.6 Å². The number of hydrogen-bond donors (Lipinski definition) is 2. The molecular formula is C11H12F3N3O2S. The largest absolute Gasteiger partial charge is 0.416 e. The van der Waals surface area contributed by atoms with Gasteiger partial charge in [0, 0.05) is 6.54 Å². The number of rotatable bonds is 5. The lowest BCUT2D eigenvalue weighted by Gasteiger charge is -2.12. The first-order valence-corrected chi connectivity index (χ1v) is 7.06. The zero-order valence-electron chi connectivity index (χ0n) is 10.5. The van der Waals surface area contributed by atoms with E-state index in [1.54, 1.807) is 6.92 Å². The molecule has 5 nitrogen and oxygen atoms in total. The third kappa shape index (κ3) is 4.40. The topological polar surface area (TPSA) is 82.0 Å². The average Bonchev–Trinajstić information content (AvgIpc) is 2.35. The van der Waals surface area contributed by atoms with Gasteiger partial charge in [0.1, 0.15) is 6.07 Å².